The number of alkyl halides is 1. The van der Waals surface area contributed by atoms with Crippen LogP contribution in [0.2, 0.25) is 5.02 Å². The van der Waals surface area contributed by atoms with Crippen LogP contribution in [0.25, 0.3) is 0 Å². The number of halogens is 4. The second kappa shape index (κ2) is 8.29. The Labute approximate surface area is 180 Å². The van der Waals surface area contributed by atoms with Crippen LogP contribution in [0, 0.1) is 0 Å². The number of benzene rings is 2. The van der Waals surface area contributed by atoms with Crippen molar-refractivity contribution in [1.82, 2.24) is 0 Å². The normalized spacial score (nSPS) is 21.7. The van der Waals surface area contributed by atoms with E-state index in [1.807, 2.05) is 24.3 Å². The predicted octanol–water partition coefficient (Wildman–Crippen LogP) is 6.84. The van der Waals surface area contributed by atoms with E-state index in [0.717, 1.165) is 14.5 Å². The van der Waals surface area contributed by atoms with E-state index in [4.69, 9.17) is 11.6 Å². The number of carbonyl (C=O) groups is 1. The molecule has 1 aliphatic carbocycles. The van der Waals surface area contributed by atoms with Crippen LogP contribution in [0.1, 0.15) is 17.9 Å². The van der Waals surface area contributed by atoms with Gasteiger partial charge in [0.1, 0.15) is 5.67 Å². The molecule has 1 aliphatic rings. The van der Waals surface area contributed by atoms with Crippen molar-refractivity contribution in [3.63, 3.8) is 0 Å². The fourth-order valence-corrected chi connectivity index (χ4v) is 3.78. The zero-order chi connectivity index (χ0) is 19.6. The van der Waals surface area contributed by atoms with Crippen molar-refractivity contribution in [3.05, 3.63) is 86.3 Å². The molecule has 1 amide bonds. The third-order valence-electron chi connectivity index (χ3n) is 4.55. The zero-order valence-electron chi connectivity index (χ0n) is 14.5. The first-order valence-corrected chi connectivity index (χ1v) is 10.3. The maximum absolute atomic E-state index is 14.8. The molecule has 0 heterocycles. The van der Waals surface area contributed by atoms with E-state index in [1.165, 1.54) is 17.1 Å². The highest BCUT2D eigenvalue weighted by Gasteiger charge is 2.54. The summed E-state index contributed by atoms with van der Waals surface area (Å²) in [6, 6.07) is 12.9. The monoisotopic (exact) mass is 511 g/mol. The molecular weight excluding hydrogens is 496 g/mol. The van der Waals surface area contributed by atoms with Gasteiger partial charge in [0.25, 0.3) is 5.91 Å². The summed E-state index contributed by atoms with van der Waals surface area (Å²) in [4.78, 5) is 13.7. The lowest BCUT2D eigenvalue weighted by Gasteiger charge is -2.16. The number of allylic oxidation sites excluding steroid dienone is 3. The molecule has 0 radical (unpaired) electrons. The van der Waals surface area contributed by atoms with Crippen LogP contribution >= 0.6 is 43.5 Å². The summed E-state index contributed by atoms with van der Waals surface area (Å²) >= 11 is 13.0. The minimum atomic E-state index is -1.37. The van der Waals surface area contributed by atoms with Crippen molar-refractivity contribution in [2.75, 3.05) is 11.9 Å². The first kappa shape index (κ1) is 20.3. The number of anilines is 1. The van der Waals surface area contributed by atoms with Crippen LogP contribution in [-0.4, -0.2) is 18.6 Å². The van der Waals surface area contributed by atoms with Gasteiger partial charge in [0.05, 0.1) is 10.7 Å². The van der Waals surface area contributed by atoms with Crippen molar-refractivity contribution >= 4 is 55.1 Å². The highest BCUT2D eigenvalue weighted by Crippen LogP contribution is 2.56. The Hall–Kier alpha value is -1.43. The Morgan fingerprint density at radius 1 is 1.22 bits per heavy atom. The van der Waals surface area contributed by atoms with Crippen LogP contribution in [0.4, 0.5) is 10.1 Å². The molecule has 2 unspecified atom stereocenters. The molecule has 0 saturated heterocycles. The van der Waals surface area contributed by atoms with Crippen LogP contribution in [0.3, 0.4) is 0 Å². The topological polar surface area (TPSA) is 20.3 Å². The Balaban J connectivity index is 1.61. The average Bonchev–Trinajstić information content (AvgIpc) is 3.32. The molecule has 2 aromatic rings. The van der Waals surface area contributed by atoms with Crippen LogP contribution in [-0.2, 0) is 4.79 Å². The molecule has 6 heteroatoms. The van der Waals surface area contributed by atoms with Gasteiger partial charge in [-0.15, -0.1) is 0 Å². The third-order valence-corrected chi connectivity index (χ3v) is 6.75. The highest BCUT2D eigenvalue weighted by atomic mass is 79.9. The van der Waals surface area contributed by atoms with Crippen LogP contribution in [0.15, 0.2) is 75.7 Å². The molecule has 1 saturated carbocycles. The lowest BCUT2D eigenvalue weighted by Crippen LogP contribution is -2.24. The second-order valence-corrected chi connectivity index (χ2v) is 8.54. The minimum absolute atomic E-state index is 0.159. The Kier molecular flexibility index (Phi) is 6.24. The first-order valence-electron chi connectivity index (χ1n) is 8.34. The van der Waals surface area contributed by atoms with Crippen molar-refractivity contribution < 1.29 is 9.18 Å². The standard InChI is InChI=1S/C21H17Br2ClFNO/c1-26(19-7-3-2-6-18(19)24)20(27)8-4-5-11-21(25)13-15(21)14-9-10-16(22)17(23)12-14/h2-12,15H,13H2,1H3/b8-4+,11-5+. The van der Waals surface area contributed by atoms with E-state index in [1.54, 1.807) is 37.4 Å². The molecule has 0 spiro atoms. The van der Waals surface area contributed by atoms with Gasteiger partial charge in [-0.3, -0.25) is 4.79 Å². The molecule has 27 heavy (non-hydrogen) atoms. The minimum Gasteiger partial charge on any atom is -0.310 e. The van der Waals surface area contributed by atoms with Crippen LogP contribution in [0.5, 0.6) is 0 Å². The molecule has 0 aromatic heterocycles. The van der Waals surface area contributed by atoms with Gasteiger partial charge in [-0.25, -0.2) is 4.39 Å². The fraction of sp³-hybridized carbons (Fsp3) is 0.190. The van der Waals surface area contributed by atoms with E-state index < -0.39 is 5.67 Å². The number of amides is 1. The summed E-state index contributed by atoms with van der Waals surface area (Å²) in [5, 5.41) is 0.501. The molecule has 0 N–H and O–H groups in total. The van der Waals surface area contributed by atoms with E-state index in [2.05, 4.69) is 31.9 Å². The molecule has 0 aliphatic heterocycles. The molecule has 2 atom stereocenters. The Bertz CT molecular complexity index is 930. The molecule has 1 fully saturated rings. The molecule has 0 bridgehead atoms. The summed E-state index contributed by atoms with van der Waals surface area (Å²) in [6.07, 6.45) is 6.51. The van der Waals surface area contributed by atoms with E-state index in [9.17, 15) is 9.18 Å². The Morgan fingerprint density at radius 2 is 1.96 bits per heavy atom. The van der Waals surface area contributed by atoms with Gasteiger partial charge in [-0.05, 0) is 74.2 Å². The van der Waals surface area contributed by atoms with Crippen LogP contribution < -0.4 is 4.90 Å². The number of carbonyl (C=O) groups excluding carboxylic acids is 1. The van der Waals surface area contributed by atoms with Crippen molar-refractivity contribution in [1.29, 1.82) is 0 Å². The Morgan fingerprint density at radius 3 is 2.67 bits per heavy atom. The maximum atomic E-state index is 14.8. The number of hydrogen-bond donors (Lipinski definition) is 0. The van der Waals surface area contributed by atoms with Crippen molar-refractivity contribution in [2.24, 2.45) is 0 Å². The quantitative estimate of drug-likeness (QED) is 0.317. The highest BCUT2D eigenvalue weighted by molar-refractivity contribution is 9.13. The average molecular weight is 514 g/mol. The van der Waals surface area contributed by atoms with Gasteiger partial charge in [0.2, 0.25) is 0 Å². The van der Waals surface area contributed by atoms with Gasteiger partial charge in [0.15, 0.2) is 0 Å². The summed E-state index contributed by atoms with van der Waals surface area (Å²) in [7, 11) is 1.65. The van der Waals surface area contributed by atoms with Gasteiger partial charge in [-0.2, -0.15) is 0 Å². The third kappa shape index (κ3) is 4.71. The number of nitrogens with zero attached hydrogens (tertiary/aromatic N) is 1. The van der Waals surface area contributed by atoms with Gasteiger partial charge in [-0.1, -0.05) is 42.0 Å². The predicted molar refractivity (Wildman–Crippen MR) is 116 cm³/mol. The van der Waals surface area contributed by atoms with Crippen molar-refractivity contribution in [2.45, 2.75) is 18.0 Å². The molecule has 140 valence electrons. The fourth-order valence-electron chi connectivity index (χ4n) is 2.87. The smallest absolute Gasteiger partial charge is 0.250 e. The molecule has 3 rings (SSSR count). The van der Waals surface area contributed by atoms with E-state index in [0.29, 0.717) is 17.1 Å². The van der Waals surface area contributed by atoms with Crippen molar-refractivity contribution in [3.8, 4) is 0 Å². The molecular formula is C21H17Br2ClFNO. The number of para-hydroxylation sites is 1. The summed E-state index contributed by atoms with van der Waals surface area (Å²) in [5.74, 6) is -0.391. The second-order valence-electron chi connectivity index (χ2n) is 6.42. The first-order chi connectivity index (χ1) is 12.8. The number of likely N-dealkylation sites (N-methyl/N-ethyl adjacent to an activating group) is 1. The SMILES string of the molecule is CN(C(=O)/C=C/C=C/C1(F)CC1c1ccc(Br)c(Br)c1)c1ccccc1Cl. The largest absolute Gasteiger partial charge is 0.310 e. The number of hydrogen-bond acceptors (Lipinski definition) is 1. The summed E-state index contributed by atoms with van der Waals surface area (Å²) in [5.41, 5.74) is 0.216. The maximum Gasteiger partial charge on any atom is 0.250 e. The molecule has 2 nitrogen and oxygen atoms in total. The van der Waals surface area contributed by atoms with Gasteiger partial charge in [0, 0.05) is 28.0 Å². The van der Waals surface area contributed by atoms with E-state index >= 15 is 0 Å². The number of rotatable bonds is 5. The lowest BCUT2D eigenvalue weighted by atomic mass is 10.1. The van der Waals surface area contributed by atoms with Gasteiger partial charge < -0.3 is 4.90 Å². The molecule has 2 aromatic carbocycles. The van der Waals surface area contributed by atoms with Gasteiger partial charge >= 0.3 is 0 Å². The lowest BCUT2D eigenvalue weighted by molar-refractivity contribution is -0.113. The summed E-state index contributed by atoms with van der Waals surface area (Å²) < 4.78 is 16.7. The van der Waals surface area contributed by atoms with E-state index in [-0.39, 0.29) is 11.8 Å². The zero-order valence-corrected chi connectivity index (χ0v) is 18.4. The summed E-state index contributed by atoms with van der Waals surface area (Å²) in [6.45, 7) is 0.